The van der Waals surface area contributed by atoms with Gasteiger partial charge in [0.25, 0.3) is 0 Å². The minimum Gasteiger partial charge on any atom is -0.353 e. The van der Waals surface area contributed by atoms with Crippen LogP contribution in [0, 0.1) is 0 Å². The maximum Gasteiger partial charge on any atom is 0.319 e. The predicted octanol–water partition coefficient (Wildman–Crippen LogP) is 3.78. The van der Waals surface area contributed by atoms with E-state index in [4.69, 9.17) is 0 Å². The smallest absolute Gasteiger partial charge is 0.319 e. The number of hydrogen-bond acceptors (Lipinski definition) is 2. The van der Waals surface area contributed by atoms with Crippen molar-refractivity contribution in [3.8, 4) is 0 Å². The standard InChI is InChI=1S/C24H33N3O2/c28-22(25-19-6-5-7-19)16-18-17-24(21-9-2-1-8-20(18)21)10-14-27(15-11-24)23(29)26-12-3-4-13-26/h1-2,8-9,18-19H,3-7,10-17H2,(H,25,28)/t18-/m1/s1. The van der Waals surface area contributed by atoms with E-state index in [2.05, 4.69) is 34.5 Å². The summed E-state index contributed by atoms with van der Waals surface area (Å²) in [6, 6.07) is 9.40. The predicted molar refractivity (Wildman–Crippen MR) is 113 cm³/mol. The van der Waals surface area contributed by atoms with Crippen molar-refractivity contribution in [2.75, 3.05) is 26.2 Å². The van der Waals surface area contributed by atoms with Crippen LogP contribution in [-0.2, 0) is 10.2 Å². The summed E-state index contributed by atoms with van der Waals surface area (Å²) in [5, 5.41) is 3.22. The topological polar surface area (TPSA) is 52.7 Å². The molecule has 2 aliphatic heterocycles. The van der Waals surface area contributed by atoms with E-state index in [1.54, 1.807) is 0 Å². The Morgan fingerprint density at radius 1 is 0.966 bits per heavy atom. The summed E-state index contributed by atoms with van der Waals surface area (Å²) in [7, 11) is 0. The van der Waals surface area contributed by atoms with Gasteiger partial charge in [-0.25, -0.2) is 4.79 Å². The van der Waals surface area contributed by atoms with Crippen LogP contribution < -0.4 is 5.32 Å². The Kier molecular flexibility index (Phi) is 5.00. The number of nitrogens with one attached hydrogen (secondary N) is 1. The molecule has 5 heteroatoms. The van der Waals surface area contributed by atoms with Crippen LogP contribution in [0.2, 0.25) is 0 Å². The average molecular weight is 396 g/mol. The van der Waals surface area contributed by atoms with Gasteiger partial charge < -0.3 is 15.1 Å². The lowest BCUT2D eigenvalue weighted by atomic mass is 9.73. The summed E-state index contributed by atoms with van der Waals surface area (Å²) in [5.74, 6) is 0.528. The Morgan fingerprint density at radius 3 is 2.34 bits per heavy atom. The summed E-state index contributed by atoms with van der Waals surface area (Å²) in [4.78, 5) is 29.5. The first-order valence-electron chi connectivity index (χ1n) is 11.6. The molecule has 4 aliphatic rings. The number of rotatable bonds is 3. The molecule has 1 aromatic rings. The molecule has 1 spiro atoms. The Hall–Kier alpha value is -2.04. The van der Waals surface area contributed by atoms with Crippen molar-refractivity contribution in [3.05, 3.63) is 35.4 Å². The molecule has 1 N–H and O–H groups in total. The molecule has 3 fully saturated rings. The second-order valence-corrected chi connectivity index (χ2v) is 9.63. The van der Waals surface area contributed by atoms with E-state index in [1.165, 1.54) is 17.5 Å². The SMILES string of the molecule is O=C(C[C@@H]1CC2(CCN(C(=O)N3CCCC3)CC2)c2ccccc21)NC1CCC1. The zero-order valence-corrected chi connectivity index (χ0v) is 17.4. The van der Waals surface area contributed by atoms with E-state index >= 15 is 0 Å². The molecule has 1 aromatic carbocycles. The zero-order chi connectivity index (χ0) is 19.8. The molecular formula is C24H33N3O2. The molecule has 0 unspecified atom stereocenters. The summed E-state index contributed by atoms with van der Waals surface area (Å²) >= 11 is 0. The Balaban J connectivity index is 1.27. The fourth-order valence-electron chi connectivity index (χ4n) is 5.98. The molecule has 5 rings (SSSR count). The molecule has 1 saturated carbocycles. The summed E-state index contributed by atoms with van der Waals surface area (Å²) in [5.41, 5.74) is 2.95. The van der Waals surface area contributed by atoms with Crippen molar-refractivity contribution >= 4 is 11.9 Å². The Morgan fingerprint density at radius 2 is 1.66 bits per heavy atom. The maximum absolute atomic E-state index is 12.8. The van der Waals surface area contributed by atoms with E-state index in [1.807, 2.05) is 4.90 Å². The first-order chi connectivity index (χ1) is 14.1. The zero-order valence-electron chi connectivity index (χ0n) is 17.4. The molecule has 29 heavy (non-hydrogen) atoms. The molecule has 1 atom stereocenters. The van der Waals surface area contributed by atoms with E-state index in [-0.39, 0.29) is 17.4 Å². The molecular weight excluding hydrogens is 362 g/mol. The van der Waals surface area contributed by atoms with Gasteiger partial charge >= 0.3 is 6.03 Å². The van der Waals surface area contributed by atoms with Gasteiger partial charge in [0.1, 0.15) is 0 Å². The highest BCUT2D eigenvalue weighted by atomic mass is 16.2. The van der Waals surface area contributed by atoms with Crippen LogP contribution in [0.15, 0.2) is 24.3 Å². The normalized spacial score (nSPS) is 25.7. The molecule has 2 aliphatic carbocycles. The minimum absolute atomic E-state index is 0.139. The van der Waals surface area contributed by atoms with Gasteiger partial charge in [0.15, 0.2) is 0 Å². The number of likely N-dealkylation sites (tertiary alicyclic amines) is 2. The van der Waals surface area contributed by atoms with Gasteiger partial charge in [-0.2, -0.15) is 0 Å². The number of amides is 3. The van der Waals surface area contributed by atoms with E-state index < -0.39 is 0 Å². The molecule has 5 nitrogen and oxygen atoms in total. The van der Waals surface area contributed by atoms with Crippen LogP contribution in [0.1, 0.15) is 74.8 Å². The Bertz CT molecular complexity index is 774. The third kappa shape index (κ3) is 3.53. The second-order valence-electron chi connectivity index (χ2n) is 9.63. The number of benzene rings is 1. The third-order valence-corrected chi connectivity index (χ3v) is 7.88. The fourth-order valence-corrected chi connectivity index (χ4v) is 5.98. The summed E-state index contributed by atoms with van der Waals surface area (Å²) in [6.45, 7) is 3.51. The van der Waals surface area contributed by atoms with Crippen LogP contribution in [0.3, 0.4) is 0 Å². The molecule has 0 bridgehead atoms. The van der Waals surface area contributed by atoms with Crippen molar-refractivity contribution in [1.29, 1.82) is 0 Å². The number of nitrogens with zero attached hydrogens (tertiary/aromatic N) is 2. The second kappa shape index (κ2) is 7.66. The summed E-state index contributed by atoms with van der Waals surface area (Å²) < 4.78 is 0. The van der Waals surface area contributed by atoms with Gasteiger partial charge in [0.05, 0.1) is 0 Å². The monoisotopic (exact) mass is 395 g/mol. The van der Waals surface area contributed by atoms with Gasteiger partial charge in [0, 0.05) is 38.6 Å². The molecule has 3 amide bonds. The van der Waals surface area contributed by atoms with Crippen molar-refractivity contribution in [2.24, 2.45) is 0 Å². The van der Waals surface area contributed by atoms with Crippen molar-refractivity contribution in [2.45, 2.75) is 75.2 Å². The van der Waals surface area contributed by atoms with Crippen LogP contribution >= 0.6 is 0 Å². The number of fused-ring (bicyclic) bond motifs is 2. The number of carbonyl (C=O) groups is 2. The number of urea groups is 1. The highest BCUT2D eigenvalue weighted by Gasteiger charge is 2.46. The maximum atomic E-state index is 12.8. The molecule has 0 radical (unpaired) electrons. The van der Waals surface area contributed by atoms with Crippen molar-refractivity contribution in [1.82, 2.24) is 15.1 Å². The minimum atomic E-state index is 0.139. The van der Waals surface area contributed by atoms with E-state index in [0.29, 0.717) is 18.4 Å². The van der Waals surface area contributed by atoms with Gasteiger partial charge in [0.2, 0.25) is 5.91 Å². The van der Waals surface area contributed by atoms with Gasteiger partial charge in [-0.05, 0) is 73.8 Å². The van der Waals surface area contributed by atoms with Crippen LogP contribution in [0.25, 0.3) is 0 Å². The van der Waals surface area contributed by atoms with Gasteiger partial charge in [-0.3, -0.25) is 4.79 Å². The Labute approximate surface area is 173 Å². The van der Waals surface area contributed by atoms with E-state index in [9.17, 15) is 9.59 Å². The quantitative estimate of drug-likeness (QED) is 0.847. The lowest BCUT2D eigenvalue weighted by molar-refractivity contribution is -0.122. The lowest BCUT2D eigenvalue weighted by Crippen LogP contribution is -2.49. The number of carbonyl (C=O) groups excluding carboxylic acids is 2. The van der Waals surface area contributed by atoms with Gasteiger partial charge in [-0.1, -0.05) is 24.3 Å². The van der Waals surface area contributed by atoms with Crippen LogP contribution in [0.4, 0.5) is 4.79 Å². The molecule has 0 aromatic heterocycles. The van der Waals surface area contributed by atoms with E-state index in [0.717, 1.165) is 71.1 Å². The number of hydrogen-bond donors (Lipinski definition) is 1. The third-order valence-electron chi connectivity index (χ3n) is 7.88. The number of piperidine rings is 1. The largest absolute Gasteiger partial charge is 0.353 e. The molecule has 156 valence electrons. The molecule has 2 saturated heterocycles. The highest BCUT2D eigenvalue weighted by Crippen LogP contribution is 2.52. The molecule has 2 heterocycles. The van der Waals surface area contributed by atoms with Gasteiger partial charge in [-0.15, -0.1) is 0 Å². The average Bonchev–Trinajstić information content (AvgIpc) is 3.34. The lowest BCUT2D eigenvalue weighted by Gasteiger charge is -2.41. The van der Waals surface area contributed by atoms with Crippen LogP contribution in [-0.4, -0.2) is 54.0 Å². The van der Waals surface area contributed by atoms with Crippen molar-refractivity contribution in [3.63, 3.8) is 0 Å². The first kappa shape index (κ1) is 19.0. The fraction of sp³-hybridized carbons (Fsp3) is 0.667. The summed E-state index contributed by atoms with van der Waals surface area (Å²) in [6.07, 6.45) is 9.49. The highest BCUT2D eigenvalue weighted by molar-refractivity contribution is 5.78. The van der Waals surface area contributed by atoms with Crippen molar-refractivity contribution < 1.29 is 9.59 Å². The first-order valence-corrected chi connectivity index (χ1v) is 11.6. The van der Waals surface area contributed by atoms with Crippen LogP contribution in [0.5, 0.6) is 0 Å².